The molecule has 0 fully saturated rings. The predicted molar refractivity (Wildman–Crippen MR) is 156 cm³/mol. The normalized spacial score (nSPS) is 12.7. The summed E-state index contributed by atoms with van der Waals surface area (Å²) in [5.74, 6) is 0.720. The summed E-state index contributed by atoms with van der Waals surface area (Å²) < 4.78 is 50.3. The van der Waals surface area contributed by atoms with Crippen LogP contribution in [0, 0.1) is 6.92 Å². The Labute approximate surface area is 237 Å². The maximum Gasteiger partial charge on any atom is 0.297 e. The van der Waals surface area contributed by atoms with E-state index in [1.54, 1.807) is 31.4 Å². The smallest absolute Gasteiger partial charge is 0.297 e. The molecule has 4 aromatic rings. The van der Waals surface area contributed by atoms with Gasteiger partial charge in [-0.05, 0) is 54.3 Å². The van der Waals surface area contributed by atoms with Gasteiger partial charge in [0, 0.05) is 6.61 Å². The van der Waals surface area contributed by atoms with Crippen LogP contribution in [0.25, 0.3) is 0 Å². The van der Waals surface area contributed by atoms with Crippen molar-refractivity contribution in [2.75, 3.05) is 26.9 Å². The van der Waals surface area contributed by atoms with Crippen molar-refractivity contribution in [3.63, 3.8) is 0 Å². The molecule has 6 nitrogen and oxygen atoms in total. The van der Waals surface area contributed by atoms with E-state index in [0.29, 0.717) is 6.61 Å². The lowest BCUT2D eigenvalue weighted by molar-refractivity contribution is -0.0532. The Morgan fingerprint density at radius 1 is 0.725 bits per heavy atom. The zero-order valence-electron chi connectivity index (χ0n) is 23.2. The molecular weight excluding hydrogens is 524 g/mol. The molecule has 0 saturated carbocycles. The maximum absolute atomic E-state index is 13.2. The molecule has 210 valence electrons. The number of rotatable bonds is 14. The molecule has 0 saturated heterocycles. The molecule has 0 aliphatic heterocycles. The molecule has 7 heteroatoms. The lowest BCUT2D eigenvalue weighted by Crippen LogP contribution is -2.38. The number of benzene rings is 4. The Morgan fingerprint density at radius 2 is 1.27 bits per heavy atom. The highest BCUT2D eigenvalue weighted by atomic mass is 32.2. The third-order valence-electron chi connectivity index (χ3n) is 6.57. The van der Waals surface area contributed by atoms with Crippen LogP contribution in [0.5, 0.6) is 5.75 Å². The van der Waals surface area contributed by atoms with Gasteiger partial charge in [-0.2, -0.15) is 8.42 Å². The van der Waals surface area contributed by atoms with E-state index in [1.807, 2.05) is 98.8 Å². The topological polar surface area (TPSA) is 71.1 Å². The fourth-order valence-corrected chi connectivity index (χ4v) is 5.59. The molecule has 4 aromatic carbocycles. The SMILES string of the molecule is CCCOC[C@@H](COC(c1ccccc1)(c1ccccc1)c1ccc(OC)cc1)OS(=O)(=O)c1ccc(C)cc1. The van der Waals surface area contributed by atoms with E-state index in [-0.39, 0.29) is 18.1 Å². The first-order valence-corrected chi connectivity index (χ1v) is 14.8. The lowest BCUT2D eigenvalue weighted by Gasteiger charge is -2.37. The van der Waals surface area contributed by atoms with Crippen molar-refractivity contribution in [2.24, 2.45) is 0 Å². The zero-order chi connectivity index (χ0) is 28.4. The summed E-state index contributed by atoms with van der Waals surface area (Å²) in [5.41, 5.74) is 2.54. The second kappa shape index (κ2) is 13.7. The average molecular weight is 561 g/mol. The van der Waals surface area contributed by atoms with E-state index >= 15 is 0 Å². The Bertz CT molecular complexity index is 1380. The highest BCUT2D eigenvalue weighted by molar-refractivity contribution is 7.86. The van der Waals surface area contributed by atoms with Gasteiger partial charge in [0.2, 0.25) is 0 Å². The van der Waals surface area contributed by atoms with Crippen LogP contribution in [0.15, 0.2) is 114 Å². The molecule has 0 N–H and O–H groups in total. The van der Waals surface area contributed by atoms with Crippen molar-refractivity contribution >= 4 is 10.1 Å². The van der Waals surface area contributed by atoms with E-state index in [1.165, 1.54) is 0 Å². The van der Waals surface area contributed by atoms with Crippen molar-refractivity contribution < 1.29 is 26.8 Å². The second-order valence-electron chi connectivity index (χ2n) is 9.51. The standard InChI is InChI=1S/C33H36O6S/c1-4-23-37-24-31(39-40(34,35)32-21-15-26(2)16-22-32)25-38-33(27-11-7-5-8-12-27,28-13-9-6-10-14-28)29-17-19-30(36-3)20-18-29/h5-22,31H,4,23-25H2,1-3H3/t31-/m0/s1. The molecule has 0 spiro atoms. The van der Waals surface area contributed by atoms with Crippen LogP contribution in [-0.2, 0) is 29.4 Å². The fourth-order valence-electron chi connectivity index (χ4n) is 4.54. The van der Waals surface area contributed by atoms with E-state index in [0.717, 1.165) is 34.4 Å². The first-order valence-electron chi connectivity index (χ1n) is 13.4. The third kappa shape index (κ3) is 6.98. The Kier molecular flexibility index (Phi) is 10.1. The van der Waals surface area contributed by atoms with Crippen molar-refractivity contribution in [1.29, 1.82) is 0 Å². The molecule has 0 radical (unpaired) electrons. The maximum atomic E-state index is 13.2. The largest absolute Gasteiger partial charge is 0.497 e. The number of aryl methyl sites for hydroxylation is 1. The minimum Gasteiger partial charge on any atom is -0.497 e. The van der Waals surface area contributed by atoms with Gasteiger partial charge in [-0.15, -0.1) is 0 Å². The highest BCUT2D eigenvalue weighted by Gasteiger charge is 2.39. The Hall–Kier alpha value is -3.49. The molecule has 0 heterocycles. The molecule has 1 atom stereocenters. The van der Waals surface area contributed by atoms with Gasteiger partial charge in [0.1, 0.15) is 17.5 Å². The van der Waals surface area contributed by atoms with Gasteiger partial charge in [-0.25, -0.2) is 0 Å². The van der Waals surface area contributed by atoms with Crippen LogP contribution in [0.3, 0.4) is 0 Å². The van der Waals surface area contributed by atoms with Gasteiger partial charge < -0.3 is 14.2 Å². The summed E-state index contributed by atoms with van der Waals surface area (Å²) >= 11 is 0. The van der Waals surface area contributed by atoms with Gasteiger partial charge in [0.15, 0.2) is 0 Å². The number of methoxy groups -OCH3 is 1. The molecule has 0 amide bonds. The van der Waals surface area contributed by atoms with E-state index in [4.69, 9.17) is 18.4 Å². The minimum atomic E-state index is -4.06. The number of hydrogen-bond donors (Lipinski definition) is 0. The van der Waals surface area contributed by atoms with Crippen molar-refractivity contribution in [1.82, 2.24) is 0 Å². The quantitative estimate of drug-likeness (QED) is 0.0994. The fraction of sp³-hybridized carbons (Fsp3) is 0.273. The van der Waals surface area contributed by atoms with Crippen LogP contribution in [0.4, 0.5) is 0 Å². The van der Waals surface area contributed by atoms with Crippen molar-refractivity contribution in [3.05, 3.63) is 131 Å². The zero-order valence-corrected chi connectivity index (χ0v) is 24.0. The highest BCUT2D eigenvalue weighted by Crippen LogP contribution is 2.41. The minimum absolute atomic E-state index is 0.0510. The van der Waals surface area contributed by atoms with Crippen molar-refractivity contribution in [2.45, 2.75) is 36.9 Å². The molecule has 0 unspecified atom stereocenters. The monoisotopic (exact) mass is 560 g/mol. The first-order chi connectivity index (χ1) is 19.4. The molecule has 0 aliphatic carbocycles. The van der Waals surface area contributed by atoms with Crippen molar-refractivity contribution in [3.8, 4) is 5.75 Å². The summed E-state index contributed by atoms with van der Waals surface area (Å²) in [4.78, 5) is 0.0890. The average Bonchev–Trinajstić information content (AvgIpc) is 2.99. The number of hydrogen-bond acceptors (Lipinski definition) is 6. The molecule has 0 bridgehead atoms. The molecule has 4 rings (SSSR count). The Morgan fingerprint density at radius 3 is 1.80 bits per heavy atom. The van der Waals surface area contributed by atoms with Gasteiger partial charge in [0.25, 0.3) is 10.1 Å². The number of ether oxygens (including phenoxy) is 3. The summed E-state index contributed by atoms with van der Waals surface area (Å²) in [5, 5.41) is 0. The molecule has 40 heavy (non-hydrogen) atoms. The van der Waals surface area contributed by atoms with Gasteiger partial charge in [-0.1, -0.05) is 97.4 Å². The lowest BCUT2D eigenvalue weighted by atomic mass is 9.80. The third-order valence-corrected chi connectivity index (χ3v) is 7.94. The second-order valence-corrected chi connectivity index (χ2v) is 11.1. The van der Waals surface area contributed by atoms with Crippen LogP contribution in [-0.4, -0.2) is 41.5 Å². The van der Waals surface area contributed by atoms with E-state index in [2.05, 4.69) is 0 Å². The molecule has 0 aliphatic rings. The Balaban J connectivity index is 1.75. The van der Waals surface area contributed by atoms with Gasteiger partial charge in [0.05, 0.1) is 25.2 Å². The van der Waals surface area contributed by atoms with E-state index < -0.39 is 21.8 Å². The van der Waals surface area contributed by atoms with Gasteiger partial charge >= 0.3 is 0 Å². The van der Waals surface area contributed by atoms with E-state index in [9.17, 15) is 8.42 Å². The summed E-state index contributed by atoms with van der Waals surface area (Å²) in [7, 11) is -2.44. The van der Waals surface area contributed by atoms with Gasteiger partial charge in [-0.3, -0.25) is 4.18 Å². The molecular formula is C33H36O6S. The van der Waals surface area contributed by atoms with Crippen LogP contribution in [0.2, 0.25) is 0 Å². The molecule has 0 aromatic heterocycles. The van der Waals surface area contributed by atoms with Crippen LogP contribution >= 0.6 is 0 Å². The van der Waals surface area contributed by atoms with Crippen LogP contribution in [0.1, 0.15) is 35.6 Å². The predicted octanol–water partition coefficient (Wildman–Crippen LogP) is 6.51. The van der Waals surface area contributed by atoms with Crippen LogP contribution < -0.4 is 4.74 Å². The summed E-state index contributed by atoms with van der Waals surface area (Å²) in [6.07, 6.45) is -0.0924. The summed E-state index contributed by atoms with van der Waals surface area (Å²) in [6, 6.07) is 34.0. The first kappa shape index (κ1) is 29.5. The summed E-state index contributed by atoms with van der Waals surface area (Å²) in [6.45, 7) is 4.38.